The third kappa shape index (κ3) is 3.08. The minimum Gasteiger partial charge on any atom is -0.365 e. The minimum atomic E-state index is -0.566. The van der Waals surface area contributed by atoms with E-state index in [1.807, 2.05) is 0 Å². The lowest BCUT2D eigenvalue weighted by Gasteiger charge is -2.05. The van der Waals surface area contributed by atoms with E-state index in [0.717, 1.165) is 5.56 Å². The Morgan fingerprint density at radius 3 is 2.83 bits per heavy atom. The molecule has 3 aromatic heterocycles. The normalized spacial score (nSPS) is 10.7. The molecule has 3 aromatic rings. The number of carbonyl (C=O) groups is 1. The number of primary amides is 1. The predicted octanol–water partition coefficient (Wildman–Crippen LogP) is 1.93. The summed E-state index contributed by atoms with van der Waals surface area (Å²) in [4.78, 5) is 19.5. The molecule has 0 aliphatic heterocycles. The van der Waals surface area contributed by atoms with Gasteiger partial charge in [-0.2, -0.15) is 9.49 Å². The summed E-state index contributed by atoms with van der Waals surface area (Å²) in [5.41, 5.74) is 8.30. The summed E-state index contributed by atoms with van der Waals surface area (Å²) in [6.07, 6.45) is 4.83. The van der Waals surface area contributed by atoms with Crippen molar-refractivity contribution in [1.82, 2.24) is 19.7 Å². The molecule has 3 rings (SSSR count). The lowest BCUT2D eigenvalue weighted by atomic mass is 10.1. The van der Waals surface area contributed by atoms with Gasteiger partial charge in [-0.25, -0.2) is 4.98 Å². The monoisotopic (exact) mass is 311 g/mol. The van der Waals surface area contributed by atoms with Gasteiger partial charge in [-0.1, -0.05) is 6.07 Å². The molecule has 2 N–H and O–H groups in total. The van der Waals surface area contributed by atoms with Crippen LogP contribution < -0.4 is 5.73 Å². The van der Waals surface area contributed by atoms with E-state index < -0.39 is 11.9 Å². The minimum absolute atomic E-state index is 0.311. The number of pyridine rings is 2. The van der Waals surface area contributed by atoms with Gasteiger partial charge in [-0.3, -0.25) is 14.5 Å². The van der Waals surface area contributed by atoms with Gasteiger partial charge in [0.1, 0.15) is 5.69 Å². The first-order chi connectivity index (χ1) is 11.0. The Morgan fingerprint density at radius 1 is 1.35 bits per heavy atom. The first kappa shape index (κ1) is 14.8. The van der Waals surface area contributed by atoms with Gasteiger partial charge in [-0.05, 0) is 30.7 Å². The van der Waals surface area contributed by atoms with Crippen LogP contribution in [0.2, 0.25) is 0 Å². The van der Waals surface area contributed by atoms with Gasteiger partial charge in [-0.15, -0.1) is 0 Å². The van der Waals surface area contributed by atoms with Gasteiger partial charge in [0, 0.05) is 29.8 Å². The number of halogens is 1. The Balaban J connectivity index is 2.00. The topological polar surface area (TPSA) is 86.7 Å². The van der Waals surface area contributed by atoms with Gasteiger partial charge in [0.25, 0.3) is 5.91 Å². The number of hydrogen-bond donors (Lipinski definition) is 1. The molecule has 6 nitrogen and oxygen atoms in total. The van der Waals surface area contributed by atoms with E-state index in [4.69, 9.17) is 5.73 Å². The number of aromatic nitrogens is 4. The Bertz CT molecular complexity index is 860. The molecule has 0 spiro atoms. The quantitative estimate of drug-likeness (QED) is 0.746. The molecule has 116 valence electrons. The Morgan fingerprint density at radius 2 is 2.17 bits per heavy atom. The molecule has 0 aliphatic carbocycles. The van der Waals surface area contributed by atoms with Gasteiger partial charge >= 0.3 is 0 Å². The van der Waals surface area contributed by atoms with E-state index in [-0.39, 0.29) is 0 Å². The number of nitrogens with two attached hydrogens (primary N) is 1. The van der Waals surface area contributed by atoms with Crippen LogP contribution in [0, 0.1) is 12.9 Å². The van der Waals surface area contributed by atoms with Crippen molar-refractivity contribution in [2.24, 2.45) is 5.73 Å². The first-order valence-corrected chi connectivity index (χ1v) is 6.94. The van der Waals surface area contributed by atoms with Crippen molar-refractivity contribution in [3.8, 4) is 11.3 Å². The van der Waals surface area contributed by atoms with Crippen LogP contribution >= 0.6 is 0 Å². The van der Waals surface area contributed by atoms with Crippen molar-refractivity contribution in [2.75, 3.05) is 0 Å². The Labute approximate surface area is 131 Å². The molecule has 3 heterocycles. The van der Waals surface area contributed by atoms with E-state index in [0.29, 0.717) is 29.1 Å². The number of rotatable bonds is 4. The SMILES string of the molecule is Cc1nc(F)ccc1Cn1cc(C(N)=O)c(-c2cccnc2)n1. The van der Waals surface area contributed by atoms with E-state index in [1.165, 1.54) is 6.07 Å². The van der Waals surface area contributed by atoms with Crippen molar-refractivity contribution in [2.45, 2.75) is 13.5 Å². The molecule has 7 heteroatoms. The Hall–Kier alpha value is -3.09. The molecular formula is C16H14FN5O. The fraction of sp³-hybridized carbons (Fsp3) is 0.125. The highest BCUT2D eigenvalue weighted by Gasteiger charge is 2.16. The number of hydrogen-bond acceptors (Lipinski definition) is 4. The van der Waals surface area contributed by atoms with Crippen LogP contribution in [-0.2, 0) is 6.54 Å². The zero-order valence-electron chi connectivity index (χ0n) is 12.4. The van der Waals surface area contributed by atoms with Crippen molar-refractivity contribution in [3.63, 3.8) is 0 Å². The molecular weight excluding hydrogens is 297 g/mol. The molecule has 0 atom stereocenters. The third-order valence-electron chi connectivity index (χ3n) is 3.46. The van der Waals surface area contributed by atoms with Crippen LogP contribution in [-0.4, -0.2) is 25.7 Å². The molecule has 0 saturated heterocycles. The second-order valence-corrected chi connectivity index (χ2v) is 5.07. The van der Waals surface area contributed by atoms with Gasteiger partial charge in [0.15, 0.2) is 0 Å². The van der Waals surface area contributed by atoms with Gasteiger partial charge in [0.2, 0.25) is 5.95 Å². The lowest BCUT2D eigenvalue weighted by Crippen LogP contribution is -2.11. The summed E-state index contributed by atoms with van der Waals surface area (Å²) >= 11 is 0. The Kier molecular flexibility index (Phi) is 3.84. The van der Waals surface area contributed by atoms with E-state index in [2.05, 4.69) is 15.1 Å². The predicted molar refractivity (Wildman–Crippen MR) is 82.0 cm³/mol. The molecule has 0 saturated carbocycles. The maximum absolute atomic E-state index is 13.1. The summed E-state index contributed by atoms with van der Waals surface area (Å²) in [6.45, 7) is 2.08. The van der Waals surface area contributed by atoms with Crippen molar-refractivity contribution >= 4 is 5.91 Å². The van der Waals surface area contributed by atoms with Gasteiger partial charge < -0.3 is 5.73 Å². The highest BCUT2D eigenvalue weighted by Crippen LogP contribution is 2.21. The largest absolute Gasteiger partial charge is 0.365 e. The van der Waals surface area contributed by atoms with Crippen molar-refractivity contribution in [3.05, 3.63) is 65.6 Å². The molecule has 1 amide bonds. The number of aryl methyl sites for hydroxylation is 1. The molecule has 0 bridgehead atoms. The molecule has 0 aromatic carbocycles. The van der Waals surface area contributed by atoms with Gasteiger partial charge in [0.05, 0.1) is 12.1 Å². The number of nitrogens with zero attached hydrogens (tertiary/aromatic N) is 4. The second-order valence-electron chi connectivity index (χ2n) is 5.07. The van der Waals surface area contributed by atoms with E-state index in [1.54, 1.807) is 48.4 Å². The van der Waals surface area contributed by atoms with Crippen LogP contribution in [0.5, 0.6) is 0 Å². The third-order valence-corrected chi connectivity index (χ3v) is 3.46. The van der Waals surface area contributed by atoms with Crippen LogP contribution in [0.1, 0.15) is 21.6 Å². The summed E-state index contributed by atoms with van der Waals surface area (Å²) in [5.74, 6) is -1.09. The van der Waals surface area contributed by atoms with Crippen molar-refractivity contribution < 1.29 is 9.18 Å². The smallest absolute Gasteiger partial charge is 0.252 e. The maximum Gasteiger partial charge on any atom is 0.252 e. The van der Waals surface area contributed by atoms with Crippen LogP contribution in [0.3, 0.4) is 0 Å². The zero-order chi connectivity index (χ0) is 16.4. The summed E-state index contributed by atoms with van der Waals surface area (Å²) in [5, 5.41) is 4.41. The fourth-order valence-corrected chi connectivity index (χ4v) is 2.30. The fourth-order valence-electron chi connectivity index (χ4n) is 2.30. The molecule has 0 aliphatic rings. The average molecular weight is 311 g/mol. The molecule has 0 fully saturated rings. The average Bonchev–Trinajstić information content (AvgIpc) is 2.95. The van der Waals surface area contributed by atoms with Crippen LogP contribution in [0.25, 0.3) is 11.3 Å². The lowest BCUT2D eigenvalue weighted by molar-refractivity contribution is 0.100. The first-order valence-electron chi connectivity index (χ1n) is 6.94. The van der Waals surface area contributed by atoms with Crippen LogP contribution in [0.15, 0.2) is 42.9 Å². The number of carbonyl (C=O) groups excluding carboxylic acids is 1. The molecule has 0 radical (unpaired) electrons. The highest BCUT2D eigenvalue weighted by atomic mass is 19.1. The second kappa shape index (κ2) is 5.96. The van der Waals surface area contributed by atoms with E-state index in [9.17, 15) is 9.18 Å². The van der Waals surface area contributed by atoms with Crippen molar-refractivity contribution in [1.29, 1.82) is 0 Å². The number of amides is 1. The van der Waals surface area contributed by atoms with E-state index >= 15 is 0 Å². The maximum atomic E-state index is 13.1. The summed E-state index contributed by atoms with van der Waals surface area (Å²) < 4.78 is 14.7. The standard InChI is InChI=1S/C16H14FN5O/c1-10-12(4-5-14(17)20-10)8-22-9-13(16(18)23)15(21-22)11-3-2-6-19-7-11/h2-7,9H,8H2,1H3,(H2,18,23). The summed E-state index contributed by atoms with van der Waals surface area (Å²) in [6, 6.07) is 6.50. The summed E-state index contributed by atoms with van der Waals surface area (Å²) in [7, 11) is 0. The highest BCUT2D eigenvalue weighted by molar-refractivity contribution is 5.98. The molecule has 0 unspecified atom stereocenters. The van der Waals surface area contributed by atoms with Crippen LogP contribution in [0.4, 0.5) is 4.39 Å². The molecule has 23 heavy (non-hydrogen) atoms. The zero-order valence-corrected chi connectivity index (χ0v) is 12.4.